The second-order valence-electron chi connectivity index (χ2n) is 4.55. The molecule has 20 heavy (non-hydrogen) atoms. The molecule has 1 unspecified atom stereocenters. The molecule has 0 aliphatic rings. The summed E-state index contributed by atoms with van der Waals surface area (Å²) >= 11 is 3.09. The number of likely N-dealkylation sites (N-methyl/N-ethyl adjacent to an activating group) is 1. The summed E-state index contributed by atoms with van der Waals surface area (Å²) in [6.07, 6.45) is 1.92. The van der Waals surface area contributed by atoms with Crippen LogP contribution in [0, 0.1) is 18.6 Å². The number of aromatic nitrogens is 1. The maximum absolute atomic E-state index is 14.0. The van der Waals surface area contributed by atoms with Gasteiger partial charge >= 0.3 is 0 Å². The molecule has 2 nitrogen and oxygen atoms in total. The molecular formula is C15H15BrF2N2. The minimum absolute atomic E-state index is 0.0713. The number of nitrogens with zero attached hydrogens (tertiary/aromatic N) is 1. The number of hydrogen-bond donors (Lipinski definition) is 1. The third-order valence-corrected chi connectivity index (χ3v) is 3.93. The maximum atomic E-state index is 14.0. The van der Waals surface area contributed by atoms with Gasteiger partial charge in [-0.1, -0.05) is 6.07 Å². The quantitative estimate of drug-likeness (QED) is 0.853. The first kappa shape index (κ1) is 15.1. The van der Waals surface area contributed by atoms with Crippen molar-refractivity contribution in [1.29, 1.82) is 0 Å². The van der Waals surface area contributed by atoms with E-state index in [9.17, 15) is 8.78 Å². The van der Waals surface area contributed by atoms with Crippen molar-refractivity contribution in [2.45, 2.75) is 19.4 Å². The van der Waals surface area contributed by atoms with E-state index in [0.717, 1.165) is 11.3 Å². The summed E-state index contributed by atoms with van der Waals surface area (Å²) in [6, 6.07) is 6.18. The third kappa shape index (κ3) is 3.04. The molecule has 0 aliphatic heterocycles. The van der Waals surface area contributed by atoms with Crippen molar-refractivity contribution in [1.82, 2.24) is 10.3 Å². The van der Waals surface area contributed by atoms with E-state index in [0.29, 0.717) is 0 Å². The van der Waals surface area contributed by atoms with Gasteiger partial charge in [0.2, 0.25) is 0 Å². The van der Waals surface area contributed by atoms with Gasteiger partial charge in [-0.05, 0) is 60.1 Å². The fraction of sp³-hybridized carbons (Fsp3) is 0.267. The fourth-order valence-electron chi connectivity index (χ4n) is 2.19. The van der Waals surface area contributed by atoms with Crippen molar-refractivity contribution in [2.24, 2.45) is 0 Å². The summed E-state index contributed by atoms with van der Waals surface area (Å²) in [5.74, 6) is -1.08. The highest BCUT2D eigenvalue weighted by Gasteiger charge is 2.19. The molecule has 0 spiro atoms. The van der Waals surface area contributed by atoms with E-state index < -0.39 is 11.6 Å². The molecule has 0 amide bonds. The second-order valence-corrected chi connectivity index (χ2v) is 5.40. The summed E-state index contributed by atoms with van der Waals surface area (Å²) in [5.41, 5.74) is 1.86. The molecule has 0 radical (unpaired) electrons. The van der Waals surface area contributed by atoms with Crippen LogP contribution in [0.3, 0.4) is 0 Å². The molecule has 2 rings (SSSR count). The molecule has 1 aromatic heterocycles. The molecule has 0 aliphatic carbocycles. The van der Waals surface area contributed by atoms with Crippen molar-refractivity contribution in [3.8, 4) is 0 Å². The highest BCUT2D eigenvalue weighted by Crippen LogP contribution is 2.27. The monoisotopic (exact) mass is 340 g/mol. The highest BCUT2D eigenvalue weighted by molar-refractivity contribution is 9.10. The first-order valence-corrected chi connectivity index (χ1v) is 7.05. The molecule has 1 atom stereocenters. The molecule has 1 heterocycles. The van der Waals surface area contributed by atoms with Crippen LogP contribution in [0.1, 0.15) is 22.9 Å². The lowest BCUT2D eigenvalue weighted by molar-refractivity contribution is 0.510. The number of benzene rings is 1. The Morgan fingerprint density at radius 1 is 1.30 bits per heavy atom. The Kier molecular flexibility index (Phi) is 4.83. The Morgan fingerprint density at radius 3 is 2.70 bits per heavy atom. The van der Waals surface area contributed by atoms with Gasteiger partial charge < -0.3 is 5.32 Å². The van der Waals surface area contributed by atoms with Crippen LogP contribution in [0.15, 0.2) is 34.9 Å². The standard InChI is InChI=1S/C15H15BrF2N2/c1-9-10(4-3-7-20-9)14(19-2)8-11-13(17)6-5-12(16)15(11)18/h3-7,14,19H,8H2,1-2H3. The van der Waals surface area contributed by atoms with Gasteiger partial charge in [0.25, 0.3) is 0 Å². The average Bonchev–Trinajstić information content (AvgIpc) is 2.45. The van der Waals surface area contributed by atoms with Crippen LogP contribution in [0.2, 0.25) is 0 Å². The number of pyridine rings is 1. The van der Waals surface area contributed by atoms with Gasteiger partial charge in [0.1, 0.15) is 11.6 Å². The predicted molar refractivity (Wildman–Crippen MR) is 78.5 cm³/mol. The van der Waals surface area contributed by atoms with Crippen molar-refractivity contribution in [2.75, 3.05) is 7.05 Å². The number of aryl methyl sites for hydroxylation is 1. The van der Waals surface area contributed by atoms with E-state index >= 15 is 0 Å². The number of rotatable bonds is 4. The first-order valence-electron chi connectivity index (χ1n) is 6.25. The lowest BCUT2D eigenvalue weighted by Gasteiger charge is -2.19. The topological polar surface area (TPSA) is 24.9 Å². The van der Waals surface area contributed by atoms with Gasteiger partial charge in [-0.25, -0.2) is 8.78 Å². The largest absolute Gasteiger partial charge is 0.313 e. The van der Waals surface area contributed by atoms with E-state index in [1.54, 1.807) is 13.2 Å². The summed E-state index contributed by atoms with van der Waals surface area (Å²) in [6.45, 7) is 1.88. The van der Waals surface area contributed by atoms with Crippen LogP contribution in [0.25, 0.3) is 0 Å². The van der Waals surface area contributed by atoms with Gasteiger partial charge in [-0.15, -0.1) is 0 Å². The van der Waals surface area contributed by atoms with Crippen LogP contribution >= 0.6 is 15.9 Å². The third-order valence-electron chi connectivity index (χ3n) is 3.32. The van der Waals surface area contributed by atoms with E-state index in [1.807, 2.05) is 19.1 Å². The fourth-order valence-corrected chi connectivity index (χ4v) is 2.56. The molecule has 0 saturated heterocycles. The van der Waals surface area contributed by atoms with Crippen molar-refractivity contribution >= 4 is 15.9 Å². The van der Waals surface area contributed by atoms with E-state index in [1.165, 1.54) is 12.1 Å². The summed E-state index contributed by atoms with van der Waals surface area (Å²) < 4.78 is 28.2. The molecule has 1 aromatic carbocycles. The predicted octanol–water partition coefficient (Wildman–Crippen LogP) is 3.93. The lowest BCUT2D eigenvalue weighted by atomic mass is 9.97. The van der Waals surface area contributed by atoms with E-state index in [4.69, 9.17) is 0 Å². The zero-order valence-corrected chi connectivity index (χ0v) is 12.8. The van der Waals surface area contributed by atoms with Crippen LogP contribution in [0.4, 0.5) is 8.78 Å². The van der Waals surface area contributed by atoms with Gasteiger partial charge in [-0.3, -0.25) is 4.98 Å². The molecular weight excluding hydrogens is 326 g/mol. The summed E-state index contributed by atoms with van der Waals surface area (Å²) in [7, 11) is 1.77. The minimum atomic E-state index is -0.549. The molecule has 2 aromatic rings. The second kappa shape index (κ2) is 6.41. The van der Waals surface area contributed by atoms with Crippen LogP contribution < -0.4 is 5.32 Å². The number of nitrogens with one attached hydrogen (secondary N) is 1. The zero-order chi connectivity index (χ0) is 14.7. The number of hydrogen-bond acceptors (Lipinski definition) is 2. The van der Waals surface area contributed by atoms with Gasteiger partial charge in [0.05, 0.1) is 4.47 Å². The number of halogens is 3. The van der Waals surface area contributed by atoms with Crippen molar-refractivity contribution < 1.29 is 8.78 Å². The van der Waals surface area contributed by atoms with Crippen LogP contribution in [-0.2, 0) is 6.42 Å². The molecule has 0 saturated carbocycles. The van der Waals surface area contributed by atoms with Gasteiger partial charge in [0.15, 0.2) is 0 Å². The average molecular weight is 341 g/mol. The molecule has 106 valence electrons. The smallest absolute Gasteiger partial charge is 0.143 e. The first-order chi connectivity index (χ1) is 9.54. The lowest BCUT2D eigenvalue weighted by Crippen LogP contribution is -2.21. The Morgan fingerprint density at radius 2 is 2.05 bits per heavy atom. The Balaban J connectivity index is 2.37. The van der Waals surface area contributed by atoms with Crippen molar-refractivity contribution in [3.05, 3.63) is 63.4 Å². The van der Waals surface area contributed by atoms with Gasteiger partial charge in [0, 0.05) is 23.5 Å². The maximum Gasteiger partial charge on any atom is 0.143 e. The van der Waals surface area contributed by atoms with Crippen LogP contribution in [-0.4, -0.2) is 12.0 Å². The van der Waals surface area contributed by atoms with E-state index in [-0.39, 0.29) is 22.5 Å². The van der Waals surface area contributed by atoms with Gasteiger partial charge in [-0.2, -0.15) is 0 Å². The Labute approximate surface area is 125 Å². The van der Waals surface area contributed by atoms with Crippen molar-refractivity contribution in [3.63, 3.8) is 0 Å². The minimum Gasteiger partial charge on any atom is -0.313 e. The molecule has 0 bridgehead atoms. The summed E-state index contributed by atoms with van der Waals surface area (Å²) in [5, 5.41) is 3.09. The normalized spacial score (nSPS) is 12.4. The highest BCUT2D eigenvalue weighted by atomic mass is 79.9. The Bertz CT molecular complexity index is 617. The Hall–Kier alpha value is -1.33. The van der Waals surface area contributed by atoms with E-state index in [2.05, 4.69) is 26.2 Å². The summed E-state index contributed by atoms with van der Waals surface area (Å²) in [4.78, 5) is 4.22. The zero-order valence-electron chi connectivity index (χ0n) is 11.3. The molecule has 0 fully saturated rings. The van der Waals surface area contributed by atoms with Crippen LogP contribution in [0.5, 0.6) is 0 Å². The molecule has 5 heteroatoms. The SMILES string of the molecule is CNC(Cc1c(F)ccc(Br)c1F)c1cccnc1C. The molecule has 1 N–H and O–H groups in total.